The minimum Gasteiger partial charge on any atom is -0.372 e. The van der Waals surface area contributed by atoms with Gasteiger partial charge in [-0.15, -0.1) is 0 Å². The standard InChI is InChI=1S/C14H19NO2/c1-4-15(5-2)13-8-6-12(7-9-13)14(17)10-11(3)16/h6-9H,4-5,10H2,1-3H3. The zero-order chi connectivity index (χ0) is 12.8. The van der Waals surface area contributed by atoms with Gasteiger partial charge in [0.1, 0.15) is 5.78 Å². The molecule has 0 aliphatic rings. The van der Waals surface area contributed by atoms with Gasteiger partial charge in [-0.3, -0.25) is 9.59 Å². The smallest absolute Gasteiger partial charge is 0.170 e. The Labute approximate surface area is 102 Å². The molecule has 0 atom stereocenters. The van der Waals surface area contributed by atoms with Crippen molar-refractivity contribution in [2.45, 2.75) is 27.2 Å². The maximum absolute atomic E-state index is 11.6. The summed E-state index contributed by atoms with van der Waals surface area (Å²) in [5.41, 5.74) is 1.71. The Bertz CT molecular complexity index is 391. The molecular formula is C14H19NO2. The number of anilines is 1. The lowest BCUT2D eigenvalue weighted by Gasteiger charge is -2.20. The van der Waals surface area contributed by atoms with Crippen LogP contribution in [-0.2, 0) is 4.79 Å². The maximum atomic E-state index is 11.6. The summed E-state index contributed by atoms with van der Waals surface area (Å²) in [6.07, 6.45) is -0.00931. The summed E-state index contributed by atoms with van der Waals surface area (Å²) in [5, 5.41) is 0. The van der Waals surface area contributed by atoms with Crippen molar-refractivity contribution >= 4 is 17.3 Å². The SMILES string of the molecule is CCN(CC)c1ccc(C(=O)CC(C)=O)cc1. The molecule has 0 aliphatic heterocycles. The van der Waals surface area contributed by atoms with E-state index in [1.165, 1.54) is 6.92 Å². The molecule has 0 bridgehead atoms. The zero-order valence-corrected chi connectivity index (χ0v) is 10.7. The van der Waals surface area contributed by atoms with Crippen LogP contribution in [0.1, 0.15) is 37.6 Å². The van der Waals surface area contributed by atoms with Gasteiger partial charge in [-0.2, -0.15) is 0 Å². The number of benzene rings is 1. The highest BCUT2D eigenvalue weighted by molar-refractivity contribution is 6.07. The number of ketones is 2. The van der Waals surface area contributed by atoms with Gasteiger partial charge in [0.05, 0.1) is 6.42 Å². The van der Waals surface area contributed by atoms with Crippen LogP contribution in [0.15, 0.2) is 24.3 Å². The summed E-state index contributed by atoms with van der Waals surface area (Å²) in [6.45, 7) is 7.51. The summed E-state index contributed by atoms with van der Waals surface area (Å²) in [7, 11) is 0. The second-order valence-electron chi connectivity index (χ2n) is 4.02. The predicted molar refractivity (Wildman–Crippen MR) is 69.6 cm³/mol. The van der Waals surface area contributed by atoms with Crippen molar-refractivity contribution < 1.29 is 9.59 Å². The number of carbonyl (C=O) groups is 2. The van der Waals surface area contributed by atoms with Crippen LogP contribution in [0.2, 0.25) is 0 Å². The first-order chi connectivity index (χ1) is 8.08. The van der Waals surface area contributed by atoms with Crippen molar-refractivity contribution in [2.24, 2.45) is 0 Å². The summed E-state index contributed by atoms with van der Waals surface area (Å²) in [5.74, 6) is -0.202. The lowest BCUT2D eigenvalue weighted by molar-refractivity contribution is -0.116. The molecule has 0 unspecified atom stereocenters. The third-order valence-electron chi connectivity index (χ3n) is 2.73. The summed E-state index contributed by atoms with van der Waals surface area (Å²) >= 11 is 0. The van der Waals surface area contributed by atoms with E-state index in [4.69, 9.17) is 0 Å². The van der Waals surface area contributed by atoms with Gasteiger partial charge < -0.3 is 4.90 Å². The Morgan fingerprint density at radius 3 is 2.00 bits per heavy atom. The first kappa shape index (κ1) is 13.4. The van der Waals surface area contributed by atoms with E-state index in [0.29, 0.717) is 5.56 Å². The van der Waals surface area contributed by atoms with E-state index in [0.717, 1.165) is 18.8 Å². The van der Waals surface area contributed by atoms with Crippen molar-refractivity contribution in [1.29, 1.82) is 0 Å². The topological polar surface area (TPSA) is 37.4 Å². The Balaban J connectivity index is 2.80. The molecule has 1 aromatic rings. The molecule has 0 spiro atoms. The number of carbonyl (C=O) groups excluding carboxylic acids is 2. The molecule has 3 heteroatoms. The van der Waals surface area contributed by atoms with Gasteiger partial charge >= 0.3 is 0 Å². The Hall–Kier alpha value is -1.64. The number of hydrogen-bond acceptors (Lipinski definition) is 3. The highest BCUT2D eigenvalue weighted by atomic mass is 16.1. The van der Waals surface area contributed by atoms with Crippen LogP contribution in [0.4, 0.5) is 5.69 Å². The van der Waals surface area contributed by atoms with E-state index >= 15 is 0 Å². The van der Waals surface area contributed by atoms with E-state index in [1.54, 1.807) is 12.1 Å². The average molecular weight is 233 g/mol. The average Bonchev–Trinajstić information content (AvgIpc) is 2.30. The first-order valence-corrected chi connectivity index (χ1v) is 5.96. The lowest BCUT2D eigenvalue weighted by atomic mass is 10.1. The molecule has 0 radical (unpaired) electrons. The van der Waals surface area contributed by atoms with Gasteiger partial charge in [-0.05, 0) is 45.0 Å². The first-order valence-electron chi connectivity index (χ1n) is 5.96. The predicted octanol–water partition coefficient (Wildman–Crippen LogP) is 2.69. The van der Waals surface area contributed by atoms with E-state index in [9.17, 15) is 9.59 Å². The molecule has 0 saturated carbocycles. The molecule has 0 amide bonds. The van der Waals surface area contributed by atoms with Gasteiger partial charge in [0.2, 0.25) is 0 Å². The summed E-state index contributed by atoms with van der Waals surface area (Å²) < 4.78 is 0. The molecule has 0 N–H and O–H groups in total. The minimum atomic E-state index is -0.108. The van der Waals surface area contributed by atoms with Gasteiger partial charge in [0.25, 0.3) is 0 Å². The van der Waals surface area contributed by atoms with Crippen LogP contribution < -0.4 is 4.90 Å². The van der Waals surface area contributed by atoms with Crippen LogP contribution in [0.3, 0.4) is 0 Å². The fraction of sp³-hybridized carbons (Fsp3) is 0.429. The fourth-order valence-corrected chi connectivity index (χ4v) is 1.78. The zero-order valence-electron chi connectivity index (χ0n) is 10.7. The van der Waals surface area contributed by atoms with E-state index in [1.807, 2.05) is 12.1 Å². The molecule has 0 fully saturated rings. The van der Waals surface area contributed by atoms with E-state index in [-0.39, 0.29) is 18.0 Å². The highest BCUT2D eigenvalue weighted by Crippen LogP contribution is 2.15. The van der Waals surface area contributed by atoms with Gasteiger partial charge in [-0.25, -0.2) is 0 Å². The summed E-state index contributed by atoms with van der Waals surface area (Å²) in [4.78, 5) is 24.7. The largest absolute Gasteiger partial charge is 0.372 e. The molecule has 17 heavy (non-hydrogen) atoms. The normalized spacial score (nSPS) is 10.1. The third kappa shape index (κ3) is 3.70. The van der Waals surface area contributed by atoms with Crippen LogP contribution in [0, 0.1) is 0 Å². The van der Waals surface area contributed by atoms with Crippen molar-refractivity contribution in [1.82, 2.24) is 0 Å². The number of nitrogens with zero attached hydrogens (tertiary/aromatic N) is 1. The Morgan fingerprint density at radius 1 is 1.06 bits per heavy atom. The lowest BCUT2D eigenvalue weighted by Crippen LogP contribution is -2.21. The molecule has 92 valence electrons. The molecule has 0 aromatic heterocycles. The molecule has 0 heterocycles. The van der Waals surface area contributed by atoms with Crippen LogP contribution in [0.25, 0.3) is 0 Å². The van der Waals surface area contributed by atoms with E-state index < -0.39 is 0 Å². The van der Waals surface area contributed by atoms with Gasteiger partial charge in [0, 0.05) is 24.3 Å². The van der Waals surface area contributed by atoms with Crippen molar-refractivity contribution in [2.75, 3.05) is 18.0 Å². The molecule has 0 saturated heterocycles. The number of Topliss-reactive ketones (excluding diaryl/α,β-unsaturated/α-hetero) is 2. The third-order valence-corrected chi connectivity index (χ3v) is 2.73. The molecule has 0 aliphatic carbocycles. The second kappa shape index (κ2) is 6.18. The fourth-order valence-electron chi connectivity index (χ4n) is 1.78. The molecule has 1 rings (SSSR count). The van der Waals surface area contributed by atoms with Crippen molar-refractivity contribution in [3.63, 3.8) is 0 Å². The number of rotatable bonds is 6. The molecule has 3 nitrogen and oxygen atoms in total. The number of hydrogen-bond donors (Lipinski definition) is 0. The van der Waals surface area contributed by atoms with Crippen LogP contribution >= 0.6 is 0 Å². The van der Waals surface area contributed by atoms with Crippen molar-refractivity contribution in [3.05, 3.63) is 29.8 Å². The van der Waals surface area contributed by atoms with Crippen LogP contribution in [0.5, 0.6) is 0 Å². The molecular weight excluding hydrogens is 214 g/mol. The Kier molecular flexibility index (Phi) is 4.88. The second-order valence-corrected chi connectivity index (χ2v) is 4.02. The van der Waals surface area contributed by atoms with Gasteiger partial charge in [0.15, 0.2) is 5.78 Å². The Morgan fingerprint density at radius 2 is 1.59 bits per heavy atom. The minimum absolute atomic E-state index is 0.00931. The highest BCUT2D eigenvalue weighted by Gasteiger charge is 2.09. The maximum Gasteiger partial charge on any atom is 0.170 e. The monoisotopic (exact) mass is 233 g/mol. The quantitative estimate of drug-likeness (QED) is 0.560. The summed E-state index contributed by atoms with van der Waals surface area (Å²) in [6, 6.07) is 7.44. The van der Waals surface area contributed by atoms with E-state index in [2.05, 4.69) is 18.7 Å². The molecule has 1 aromatic carbocycles. The van der Waals surface area contributed by atoms with Crippen molar-refractivity contribution in [3.8, 4) is 0 Å². The van der Waals surface area contributed by atoms with Crippen LogP contribution in [-0.4, -0.2) is 24.7 Å². The van der Waals surface area contributed by atoms with Gasteiger partial charge in [-0.1, -0.05) is 0 Å².